The molecule has 1 aromatic heterocycles. The van der Waals surface area contributed by atoms with Crippen molar-refractivity contribution in [3.05, 3.63) is 54.8 Å². The van der Waals surface area contributed by atoms with E-state index in [1.807, 2.05) is 39.0 Å². The first kappa shape index (κ1) is 14.1. The lowest BCUT2D eigenvalue weighted by molar-refractivity contribution is 0.481. The molecule has 2 heteroatoms. The number of aryl methyl sites for hydroxylation is 1. The number of phenols is 1. The van der Waals surface area contributed by atoms with E-state index in [2.05, 4.69) is 17.7 Å². The summed E-state index contributed by atoms with van der Waals surface area (Å²) in [6.45, 7) is 14.0. The van der Waals surface area contributed by atoms with Crippen LogP contribution in [0.2, 0.25) is 0 Å². The highest BCUT2D eigenvalue weighted by Crippen LogP contribution is 2.27. The summed E-state index contributed by atoms with van der Waals surface area (Å²) in [6, 6.07) is 7.61. The average Bonchev–Trinajstić information content (AvgIpc) is 2.59. The zero-order valence-corrected chi connectivity index (χ0v) is 11.4. The second-order valence-electron chi connectivity index (χ2n) is 4.45. The third kappa shape index (κ3) is 3.04. The molecule has 0 saturated heterocycles. The van der Waals surface area contributed by atoms with E-state index in [4.69, 9.17) is 0 Å². The van der Waals surface area contributed by atoms with Crippen molar-refractivity contribution in [2.75, 3.05) is 0 Å². The Kier molecular flexibility index (Phi) is 4.78. The van der Waals surface area contributed by atoms with Crippen LogP contribution in [0, 0.1) is 6.92 Å². The van der Waals surface area contributed by atoms with Crippen LogP contribution in [-0.4, -0.2) is 9.67 Å². The molecule has 0 bridgehead atoms. The highest BCUT2D eigenvalue weighted by Gasteiger charge is 2.07. The first-order valence-electron chi connectivity index (χ1n) is 6.00. The Hall–Kier alpha value is -1.96. The predicted octanol–water partition coefficient (Wildman–Crippen LogP) is 4.42. The van der Waals surface area contributed by atoms with Gasteiger partial charge in [-0.25, -0.2) is 0 Å². The molecule has 1 N–H and O–H groups in total. The smallest absolute Gasteiger partial charge is 0.124 e. The molecule has 0 aliphatic heterocycles. The van der Waals surface area contributed by atoms with Crippen LogP contribution in [0.15, 0.2) is 49.1 Å². The third-order valence-electron chi connectivity index (χ3n) is 2.56. The molecule has 0 unspecified atom stereocenters. The molecule has 0 fully saturated rings. The number of aromatic nitrogens is 1. The minimum Gasteiger partial charge on any atom is -0.507 e. The quantitative estimate of drug-likeness (QED) is 0.776. The van der Waals surface area contributed by atoms with Gasteiger partial charge < -0.3 is 9.67 Å². The number of hydrogen-bond acceptors (Lipinski definition) is 1. The second kappa shape index (κ2) is 6.10. The molecule has 1 heterocycles. The number of allylic oxidation sites excluding steroid dienone is 2. The fourth-order valence-electron chi connectivity index (χ4n) is 1.88. The van der Waals surface area contributed by atoms with Gasteiger partial charge in [-0.1, -0.05) is 24.3 Å². The van der Waals surface area contributed by atoms with Crippen LogP contribution in [0.5, 0.6) is 5.75 Å². The average molecular weight is 243 g/mol. The standard InChI is InChI=1S/C13H15NO.C3H6/c1-9(2)8-14-10(3)7-11-12(14)5-4-6-13(11)15;1-3-2/h4-7,15H,1,8H2,2-3H3;3H,1H2,2H3. The van der Waals surface area contributed by atoms with Crippen molar-refractivity contribution in [3.63, 3.8) is 0 Å². The Balaban J connectivity index is 0.000000492. The summed E-state index contributed by atoms with van der Waals surface area (Å²) >= 11 is 0. The molecule has 0 atom stereocenters. The Labute approximate surface area is 109 Å². The fraction of sp³-hybridized carbons (Fsp3) is 0.250. The van der Waals surface area contributed by atoms with Crippen molar-refractivity contribution >= 4 is 10.9 Å². The molecule has 0 aliphatic rings. The molecule has 0 radical (unpaired) electrons. The summed E-state index contributed by atoms with van der Waals surface area (Å²) in [7, 11) is 0. The van der Waals surface area contributed by atoms with Crippen molar-refractivity contribution in [1.82, 2.24) is 4.57 Å². The van der Waals surface area contributed by atoms with Gasteiger partial charge in [-0.2, -0.15) is 0 Å². The van der Waals surface area contributed by atoms with Crippen LogP contribution in [0.3, 0.4) is 0 Å². The zero-order chi connectivity index (χ0) is 13.7. The van der Waals surface area contributed by atoms with Gasteiger partial charge in [0.2, 0.25) is 0 Å². The van der Waals surface area contributed by atoms with E-state index in [0.29, 0.717) is 5.75 Å². The molecule has 2 rings (SSSR count). The third-order valence-corrected chi connectivity index (χ3v) is 2.56. The molecule has 2 aromatic rings. The maximum atomic E-state index is 9.71. The Morgan fingerprint density at radius 3 is 2.61 bits per heavy atom. The summed E-state index contributed by atoms with van der Waals surface area (Å²) < 4.78 is 2.16. The van der Waals surface area contributed by atoms with Crippen LogP contribution >= 0.6 is 0 Å². The Bertz CT molecular complexity index is 564. The van der Waals surface area contributed by atoms with Gasteiger partial charge in [-0.3, -0.25) is 0 Å². The van der Waals surface area contributed by atoms with Crippen LogP contribution in [0.1, 0.15) is 19.5 Å². The molecule has 0 aliphatic carbocycles. The zero-order valence-electron chi connectivity index (χ0n) is 11.4. The number of phenolic OH excluding ortho intramolecular Hbond substituents is 1. The number of rotatable bonds is 2. The van der Waals surface area contributed by atoms with Gasteiger partial charge in [0.25, 0.3) is 0 Å². The lowest BCUT2D eigenvalue weighted by Gasteiger charge is -2.07. The number of hydrogen-bond donors (Lipinski definition) is 1. The first-order valence-corrected chi connectivity index (χ1v) is 6.00. The SMILES string of the molecule is C=C(C)Cn1c(C)cc2c(O)cccc21.C=CC. The van der Waals surface area contributed by atoms with E-state index in [1.165, 1.54) is 0 Å². The molecule has 2 nitrogen and oxygen atoms in total. The van der Waals surface area contributed by atoms with E-state index >= 15 is 0 Å². The van der Waals surface area contributed by atoms with Crippen LogP contribution in [0.25, 0.3) is 10.9 Å². The van der Waals surface area contributed by atoms with Crippen molar-refractivity contribution in [3.8, 4) is 5.75 Å². The molecular weight excluding hydrogens is 222 g/mol. The van der Waals surface area contributed by atoms with E-state index in [0.717, 1.165) is 28.7 Å². The van der Waals surface area contributed by atoms with E-state index in [9.17, 15) is 5.11 Å². The minimum atomic E-state index is 0.344. The molecule has 96 valence electrons. The number of fused-ring (bicyclic) bond motifs is 1. The highest BCUT2D eigenvalue weighted by molar-refractivity contribution is 5.87. The van der Waals surface area contributed by atoms with Gasteiger partial charge in [0, 0.05) is 17.6 Å². The molecular formula is C16H21NO. The summed E-state index contributed by atoms with van der Waals surface area (Å²) in [5, 5.41) is 10.6. The van der Waals surface area contributed by atoms with Crippen molar-refractivity contribution in [2.45, 2.75) is 27.3 Å². The topological polar surface area (TPSA) is 25.2 Å². The fourth-order valence-corrected chi connectivity index (χ4v) is 1.88. The highest BCUT2D eigenvalue weighted by atomic mass is 16.3. The summed E-state index contributed by atoms with van der Waals surface area (Å²) in [6.07, 6.45) is 1.75. The van der Waals surface area contributed by atoms with E-state index in [1.54, 1.807) is 12.1 Å². The first-order chi connectivity index (χ1) is 8.51. The van der Waals surface area contributed by atoms with Gasteiger partial charge in [-0.05, 0) is 39.0 Å². The van der Waals surface area contributed by atoms with Crippen LogP contribution in [0.4, 0.5) is 0 Å². The lowest BCUT2D eigenvalue weighted by atomic mass is 10.2. The van der Waals surface area contributed by atoms with Crippen molar-refractivity contribution in [1.29, 1.82) is 0 Å². The second-order valence-corrected chi connectivity index (χ2v) is 4.45. The van der Waals surface area contributed by atoms with Gasteiger partial charge in [0.15, 0.2) is 0 Å². The van der Waals surface area contributed by atoms with Gasteiger partial charge in [-0.15, -0.1) is 6.58 Å². The summed E-state index contributed by atoms with van der Waals surface area (Å²) in [4.78, 5) is 0. The number of benzene rings is 1. The lowest BCUT2D eigenvalue weighted by Crippen LogP contribution is -1.99. The monoisotopic (exact) mass is 243 g/mol. The largest absolute Gasteiger partial charge is 0.507 e. The van der Waals surface area contributed by atoms with E-state index in [-0.39, 0.29) is 0 Å². The van der Waals surface area contributed by atoms with E-state index < -0.39 is 0 Å². The summed E-state index contributed by atoms with van der Waals surface area (Å²) in [5.74, 6) is 0.344. The number of aromatic hydroxyl groups is 1. The maximum Gasteiger partial charge on any atom is 0.124 e. The number of nitrogens with zero attached hydrogens (tertiary/aromatic N) is 1. The molecule has 0 spiro atoms. The normalized spacial score (nSPS) is 9.72. The predicted molar refractivity (Wildman–Crippen MR) is 79.0 cm³/mol. The van der Waals surface area contributed by atoms with Crippen molar-refractivity contribution < 1.29 is 5.11 Å². The van der Waals surface area contributed by atoms with Gasteiger partial charge in [0.1, 0.15) is 5.75 Å². The molecule has 18 heavy (non-hydrogen) atoms. The van der Waals surface area contributed by atoms with Gasteiger partial charge in [0.05, 0.1) is 5.52 Å². The molecule has 1 aromatic carbocycles. The van der Waals surface area contributed by atoms with Crippen molar-refractivity contribution in [2.24, 2.45) is 0 Å². The molecule has 0 saturated carbocycles. The molecule has 0 amide bonds. The van der Waals surface area contributed by atoms with Crippen LogP contribution < -0.4 is 0 Å². The Morgan fingerprint density at radius 2 is 2.06 bits per heavy atom. The minimum absolute atomic E-state index is 0.344. The Morgan fingerprint density at radius 1 is 1.44 bits per heavy atom. The van der Waals surface area contributed by atoms with Gasteiger partial charge >= 0.3 is 0 Å². The maximum absolute atomic E-state index is 9.71. The summed E-state index contributed by atoms with van der Waals surface area (Å²) in [5.41, 5.74) is 3.32. The van der Waals surface area contributed by atoms with Crippen LogP contribution in [-0.2, 0) is 6.54 Å².